The van der Waals surface area contributed by atoms with Crippen LogP contribution in [0, 0.1) is 5.82 Å². The fraction of sp³-hybridized carbons (Fsp3) is 0.273. The molecule has 0 saturated heterocycles. The minimum absolute atomic E-state index is 0.107. The second-order valence-electron chi connectivity index (χ2n) is 7.65. The second-order valence-corrected chi connectivity index (χ2v) is 7.65. The SMILES string of the molecule is CC1Cc2ccccc2C(=O)N1CC(=O)N[C@H](Cc1nc2ccc(F)cc2[nH]1)C(=O)O. The topological polar surface area (TPSA) is 115 Å². The number of carbonyl (C=O) groups excluding carboxylic acids is 2. The van der Waals surface area contributed by atoms with Crippen LogP contribution in [-0.4, -0.2) is 56.4 Å². The summed E-state index contributed by atoms with van der Waals surface area (Å²) in [6.07, 6.45) is 0.511. The van der Waals surface area contributed by atoms with Crippen molar-refractivity contribution in [2.75, 3.05) is 6.54 Å². The molecule has 160 valence electrons. The summed E-state index contributed by atoms with van der Waals surface area (Å²) in [5.74, 6) is -2.19. The standard InChI is InChI=1S/C22H21FN4O4/c1-12-8-13-4-2-3-5-15(13)21(29)27(12)11-20(28)26-18(22(30)31)10-19-24-16-7-6-14(23)9-17(16)25-19/h2-7,9,12,18H,8,10-11H2,1H3,(H,24,25)(H,26,28)(H,30,31)/t12?,18-/m1/s1. The molecule has 31 heavy (non-hydrogen) atoms. The van der Waals surface area contributed by atoms with Crippen molar-refractivity contribution in [2.45, 2.75) is 31.8 Å². The van der Waals surface area contributed by atoms with Gasteiger partial charge in [-0.2, -0.15) is 0 Å². The number of carbonyl (C=O) groups is 3. The van der Waals surface area contributed by atoms with E-state index >= 15 is 0 Å². The van der Waals surface area contributed by atoms with Crippen LogP contribution in [-0.2, 0) is 22.4 Å². The largest absolute Gasteiger partial charge is 0.480 e. The Morgan fingerprint density at radius 3 is 2.87 bits per heavy atom. The molecule has 1 unspecified atom stereocenters. The number of fused-ring (bicyclic) bond motifs is 2. The Morgan fingerprint density at radius 1 is 1.32 bits per heavy atom. The molecule has 4 rings (SSSR count). The number of carboxylic acid groups (broad SMARTS) is 1. The predicted molar refractivity (Wildman–Crippen MR) is 110 cm³/mol. The van der Waals surface area contributed by atoms with Crippen LogP contribution in [0.5, 0.6) is 0 Å². The molecule has 2 amide bonds. The number of amides is 2. The van der Waals surface area contributed by atoms with Gasteiger partial charge in [0.05, 0.1) is 11.0 Å². The van der Waals surface area contributed by atoms with E-state index in [1.165, 1.54) is 23.1 Å². The summed E-state index contributed by atoms with van der Waals surface area (Å²) in [5.41, 5.74) is 2.43. The number of H-pyrrole nitrogens is 1. The summed E-state index contributed by atoms with van der Waals surface area (Å²) in [6.45, 7) is 1.60. The van der Waals surface area contributed by atoms with Gasteiger partial charge in [-0.25, -0.2) is 14.2 Å². The van der Waals surface area contributed by atoms with E-state index in [4.69, 9.17) is 0 Å². The molecule has 0 fully saturated rings. The Labute approximate surface area is 177 Å². The molecule has 2 aromatic carbocycles. The molecule has 0 saturated carbocycles. The normalized spacial score (nSPS) is 16.8. The van der Waals surface area contributed by atoms with Crippen LogP contribution >= 0.6 is 0 Å². The fourth-order valence-corrected chi connectivity index (χ4v) is 3.84. The van der Waals surface area contributed by atoms with Crippen LogP contribution in [0.4, 0.5) is 4.39 Å². The highest BCUT2D eigenvalue weighted by atomic mass is 19.1. The number of halogens is 1. The lowest BCUT2D eigenvalue weighted by molar-refractivity contribution is -0.141. The van der Waals surface area contributed by atoms with Crippen molar-refractivity contribution in [3.63, 3.8) is 0 Å². The zero-order chi connectivity index (χ0) is 22.1. The number of carboxylic acids is 1. The van der Waals surface area contributed by atoms with Gasteiger partial charge in [-0.15, -0.1) is 0 Å². The van der Waals surface area contributed by atoms with E-state index in [0.717, 1.165) is 5.56 Å². The third-order valence-corrected chi connectivity index (χ3v) is 5.39. The van der Waals surface area contributed by atoms with E-state index in [1.54, 1.807) is 12.1 Å². The first kappa shape index (κ1) is 20.5. The highest BCUT2D eigenvalue weighted by Crippen LogP contribution is 2.22. The molecule has 0 spiro atoms. The van der Waals surface area contributed by atoms with Crippen LogP contribution in [0.15, 0.2) is 42.5 Å². The smallest absolute Gasteiger partial charge is 0.326 e. The maximum Gasteiger partial charge on any atom is 0.326 e. The number of aliphatic carboxylic acids is 1. The predicted octanol–water partition coefficient (Wildman–Crippen LogP) is 1.90. The molecule has 0 bridgehead atoms. The molecular formula is C22H21FN4O4. The van der Waals surface area contributed by atoms with Crippen molar-refractivity contribution in [2.24, 2.45) is 0 Å². The van der Waals surface area contributed by atoms with Crippen molar-refractivity contribution in [1.29, 1.82) is 0 Å². The van der Waals surface area contributed by atoms with Crippen molar-refractivity contribution in [3.05, 3.63) is 65.2 Å². The summed E-state index contributed by atoms with van der Waals surface area (Å²) in [5, 5.41) is 12.0. The average molecular weight is 424 g/mol. The molecule has 1 aliphatic heterocycles. The molecule has 8 nitrogen and oxygen atoms in total. The maximum absolute atomic E-state index is 13.4. The quantitative estimate of drug-likeness (QED) is 0.559. The summed E-state index contributed by atoms with van der Waals surface area (Å²) >= 11 is 0. The molecule has 0 radical (unpaired) electrons. The highest BCUT2D eigenvalue weighted by molar-refractivity contribution is 5.99. The number of aromatic nitrogens is 2. The molecule has 2 atom stereocenters. The lowest BCUT2D eigenvalue weighted by Gasteiger charge is -2.34. The van der Waals surface area contributed by atoms with Gasteiger partial charge >= 0.3 is 5.97 Å². The number of benzene rings is 2. The number of hydrogen-bond donors (Lipinski definition) is 3. The van der Waals surface area contributed by atoms with E-state index in [1.807, 2.05) is 19.1 Å². The number of aromatic amines is 1. The molecule has 3 N–H and O–H groups in total. The lowest BCUT2D eigenvalue weighted by Crippen LogP contribution is -2.52. The minimum Gasteiger partial charge on any atom is -0.480 e. The van der Waals surface area contributed by atoms with Crippen LogP contribution in [0.3, 0.4) is 0 Å². The summed E-state index contributed by atoms with van der Waals surface area (Å²) < 4.78 is 13.4. The zero-order valence-corrected chi connectivity index (χ0v) is 16.8. The molecule has 0 aliphatic carbocycles. The Bertz CT molecular complexity index is 1180. The van der Waals surface area contributed by atoms with Crippen molar-refractivity contribution in [3.8, 4) is 0 Å². The van der Waals surface area contributed by atoms with Gasteiger partial charge in [-0.05, 0) is 43.2 Å². The van der Waals surface area contributed by atoms with E-state index in [-0.39, 0.29) is 24.9 Å². The maximum atomic E-state index is 13.4. The van der Waals surface area contributed by atoms with Crippen LogP contribution in [0.1, 0.15) is 28.7 Å². The Hall–Kier alpha value is -3.75. The van der Waals surface area contributed by atoms with E-state index in [2.05, 4.69) is 15.3 Å². The Kier molecular flexibility index (Phi) is 5.41. The number of hydrogen-bond acceptors (Lipinski definition) is 4. The van der Waals surface area contributed by atoms with Gasteiger partial charge in [0.2, 0.25) is 5.91 Å². The van der Waals surface area contributed by atoms with Crippen LogP contribution in [0.25, 0.3) is 11.0 Å². The van der Waals surface area contributed by atoms with E-state index in [0.29, 0.717) is 28.8 Å². The zero-order valence-electron chi connectivity index (χ0n) is 16.8. The third-order valence-electron chi connectivity index (χ3n) is 5.39. The molecule has 9 heteroatoms. The number of nitrogens with zero attached hydrogens (tertiary/aromatic N) is 2. The molecule has 3 aromatic rings. The first-order valence-electron chi connectivity index (χ1n) is 9.87. The van der Waals surface area contributed by atoms with Gasteiger partial charge in [-0.3, -0.25) is 9.59 Å². The minimum atomic E-state index is -1.25. The molecule has 2 heterocycles. The van der Waals surface area contributed by atoms with Crippen molar-refractivity contribution >= 4 is 28.8 Å². The van der Waals surface area contributed by atoms with Gasteiger partial charge in [0.15, 0.2) is 0 Å². The number of imidazole rings is 1. The second kappa shape index (κ2) is 8.17. The fourth-order valence-electron chi connectivity index (χ4n) is 3.84. The number of nitrogens with one attached hydrogen (secondary N) is 2. The van der Waals surface area contributed by atoms with Crippen molar-refractivity contribution < 1.29 is 23.9 Å². The van der Waals surface area contributed by atoms with Gasteiger partial charge in [-0.1, -0.05) is 18.2 Å². The monoisotopic (exact) mass is 424 g/mol. The Morgan fingerprint density at radius 2 is 2.10 bits per heavy atom. The van der Waals surface area contributed by atoms with Crippen LogP contribution < -0.4 is 5.32 Å². The van der Waals surface area contributed by atoms with Gasteiger partial charge in [0.25, 0.3) is 5.91 Å². The van der Waals surface area contributed by atoms with E-state index < -0.39 is 23.7 Å². The third kappa shape index (κ3) is 4.25. The average Bonchev–Trinajstić information content (AvgIpc) is 3.12. The summed E-state index contributed by atoms with van der Waals surface area (Å²) in [7, 11) is 0. The first-order chi connectivity index (χ1) is 14.8. The number of rotatable bonds is 6. The summed E-state index contributed by atoms with van der Waals surface area (Å²) in [6, 6.07) is 9.82. The highest BCUT2D eigenvalue weighted by Gasteiger charge is 2.32. The van der Waals surface area contributed by atoms with Crippen molar-refractivity contribution in [1.82, 2.24) is 20.2 Å². The van der Waals surface area contributed by atoms with Gasteiger partial charge in [0, 0.05) is 18.0 Å². The summed E-state index contributed by atoms with van der Waals surface area (Å²) in [4.78, 5) is 45.6. The van der Waals surface area contributed by atoms with Gasteiger partial charge in [0.1, 0.15) is 24.2 Å². The lowest BCUT2D eigenvalue weighted by atomic mass is 9.94. The van der Waals surface area contributed by atoms with Crippen LogP contribution in [0.2, 0.25) is 0 Å². The Balaban J connectivity index is 1.45. The molecule has 1 aromatic heterocycles. The molecular weight excluding hydrogens is 403 g/mol. The van der Waals surface area contributed by atoms with E-state index in [9.17, 15) is 23.9 Å². The van der Waals surface area contributed by atoms with Gasteiger partial charge < -0.3 is 20.3 Å². The molecule has 1 aliphatic rings. The first-order valence-corrected chi connectivity index (χ1v) is 9.87.